The Morgan fingerprint density at radius 1 is 1.40 bits per heavy atom. The topological polar surface area (TPSA) is 73.2 Å². The molecule has 5 nitrogen and oxygen atoms in total. The molecule has 0 spiro atoms. The van der Waals surface area contributed by atoms with Gasteiger partial charge in [-0.2, -0.15) is 0 Å². The Bertz CT molecular complexity index is 637. The first kappa shape index (κ1) is 9.21. The lowest BCUT2D eigenvalue weighted by Crippen LogP contribution is -2.12. The standard InChI is InChI=1S/C10H7N3O2/c1-13-7-5-3-2-4-6(7)9(14)8(12-11)10(13)15/h2-5H,1H3. The van der Waals surface area contributed by atoms with Gasteiger partial charge in [0.1, 0.15) is 0 Å². The van der Waals surface area contributed by atoms with Crippen molar-refractivity contribution in [1.29, 1.82) is 5.39 Å². The van der Waals surface area contributed by atoms with Crippen LogP contribution in [0.4, 0.5) is 5.69 Å². The van der Waals surface area contributed by atoms with Crippen molar-refractivity contribution in [3.05, 3.63) is 39.5 Å². The van der Waals surface area contributed by atoms with Crippen LogP contribution in [0, 0.1) is 5.39 Å². The summed E-state index contributed by atoms with van der Waals surface area (Å²) in [6.07, 6.45) is 0. The van der Waals surface area contributed by atoms with E-state index in [1.807, 2.05) is 0 Å². The van der Waals surface area contributed by atoms with Crippen molar-refractivity contribution in [3.63, 3.8) is 0 Å². The number of para-hydroxylation sites is 1. The molecule has 1 aromatic heterocycles. The van der Waals surface area contributed by atoms with Crippen molar-refractivity contribution >= 4 is 16.6 Å². The Labute approximate surface area is 84.8 Å². The highest BCUT2D eigenvalue weighted by Crippen LogP contribution is 2.23. The number of fused-ring (bicyclic) bond motifs is 1. The third-order valence-electron chi connectivity index (χ3n) is 2.33. The quantitative estimate of drug-likeness (QED) is 0.599. The summed E-state index contributed by atoms with van der Waals surface area (Å²) in [4.78, 5) is 14.4. The number of aromatic nitrogens is 1. The van der Waals surface area contributed by atoms with Gasteiger partial charge in [-0.25, -0.2) is 0 Å². The molecule has 0 saturated carbocycles. The fraction of sp³-hybridized carbons (Fsp3) is 0.100. The summed E-state index contributed by atoms with van der Waals surface area (Å²) in [5.74, 6) is -0.596. The summed E-state index contributed by atoms with van der Waals surface area (Å²) in [5, 5.41) is 20.5. The molecule has 2 aromatic rings. The van der Waals surface area contributed by atoms with Crippen LogP contribution < -0.4 is 10.5 Å². The number of aryl methyl sites for hydroxylation is 1. The van der Waals surface area contributed by atoms with Gasteiger partial charge in [0.15, 0.2) is 4.98 Å². The molecule has 0 atom stereocenters. The number of diazo groups is 1. The van der Waals surface area contributed by atoms with E-state index in [9.17, 15) is 9.90 Å². The van der Waals surface area contributed by atoms with Gasteiger partial charge >= 0.3 is 5.69 Å². The smallest absolute Gasteiger partial charge is 0.440 e. The zero-order chi connectivity index (χ0) is 11.0. The molecule has 15 heavy (non-hydrogen) atoms. The normalized spacial score (nSPS) is 10.1. The minimum absolute atomic E-state index is 0.368. The third kappa shape index (κ3) is 1.15. The molecule has 0 amide bonds. The van der Waals surface area contributed by atoms with Crippen LogP contribution in [0.2, 0.25) is 0 Å². The largest absolute Gasteiger partial charge is 0.854 e. The van der Waals surface area contributed by atoms with Crippen molar-refractivity contribution in [3.8, 4) is 5.88 Å². The Kier molecular flexibility index (Phi) is 1.90. The Morgan fingerprint density at radius 3 is 2.73 bits per heavy atom. The highest BCUT2D eigenvalue weighted by atomic mass is 16.3. The van der Waals surface area contributed by atoms with Crippen LogP contribution in [-0.4, -0.2) is 4.57 Å². The van der Waals surface area contributed by atoms with Crippen LogP contribution >= 0.6 is 0 Å². The predicted octanol–water partition coefficient (Wildman–Crippen LogP) is 1.10. The zero-order valence-electron chi connectivity index (χ0n) is 7.97. The van der Waals surface area contributed by atoms with Crippen molar-refractivity contribution < 1.29 is 5.11 Å². The minimum atomic E-state index is -0.596. The van der Waals surface area contributed by atoms with Crippen LogP contribution in [0.1, 0.15) is 0 Å². The van der Waals surface area contributed by atoms with Gasteiger partial charge in [-0.1, -0.05) is 12.1 Å². The van der Waals surface area contributed by atoms with E-state index in [0.717, 1.165) is 0 Å². The second kappa shape index (κ2) is 3.10. The van der Waals surface area contributed by atoms with E-state index in [0.29, 0.717) is 10.9 Å². The zero-order valence-corrected chi connectivity index (χ0v) is 7.97. The summed E-state index contributed by atoms with van der Waals surface area (Å²) >= 11 is 0. The summed E-state index contributed by atoms with van der Waals surface area (Å²) < 4.78 is 1.28. The number of hydrogen-bond donors (Lipinski definition) is 0. The molecule has 0 bridgehead atoms. The molecule has 0 radical (unpaired) electrons. The van der Waals surface area contributed by atoms with Gasteiger partial charge in [0, 0.05) is 7.05 Å². The molecule has 0 aliphatic heterocycles. The first-order valence-electron chi connectivity index (χ1n) is 4.30. The van der Waals surface area contributed by atoms with Crippen molar-refractivity contribution in [2.45, 2.75) is 0 Å². The van der Waals surface area contributed by atoms with Crippen LogP contribution in [0.5, 0.6) is 5.88 Å². The van der Waals surface area contributed by atoms with Gasteiger partial charge in [0.25, 0.3) is 5.43 Å². The second-order valence-electron chi connectivity index (χ2n) is 3.16. The first-order valence-corrected chi connectivity index (χ1v) is 4.30. The van der Waals surface area contributed by atoms with Gasteiger partial charge in [0.05, 0.1) is 16.8 Å². The Hall–Kier alpha value is -2.35. The number of rotatable bonds is 0. The SMILES string of the molecule is Cn1c([O-])c([N+]#N)c(=O)c2ccccc21. The maximum atomic E-state index is 11.7. The molecule has 0 fully saturated rings. The first-order chi connectivity index (χ1) is 7.16. The molecular weight excluding hydrogens is 194 g/mol. The van der Waals surface area contributed by atoms with Crippen molar-refractivity contribution in [2.75, 3.05) is 0 Å². The molecule has 0 N–H and O–H groups in total. The Balaban J connectivity index is 3.12. The average molecular weight is 201 g/mol. The molecule has 0 unspecified atom stereocenters. The van der Waals surface area contributed by atoms with E-state index >= 15 is 0 Å². The second-order valence-corrected chi connectivity index (χ2v) is 3.16. The van der Waals surface area contributed by atoms with E-state index in [-0.39, 0.29) is 0 Å². The number of pyridine rings is 1. The van der Waals surface area contributed by atoms with Crippen molar-refractivity contribution in [1.82, 2.24) is 4.57 Å². The fourth-order valence-electron chi connectivity index (χ4n) is 1.54. The van der Waals surface area contributed by atoms with Crippen LogP contribution in [-0.2, 0) is 7.05 Å². The van der Waals surface area contributed by atoms with Gasteiger partial charge in [-0.3, -0.25) is 4.79 Å². The summed E-state index contributed by atoms with van der Waals surface area (Å²) in [7, 11) is 1.53. The van der Waals surface area contributed by atoms with E-state index in [1.54, 1.807) is 24.3 Å². The molecule has 5 heteroatoms. The molecule has 0 aliphatic carbocycles. The fourth-order valence-corrected chi connectivity index (χ4v) is 1.54. The van der Waals surface area contributed by atoms with Crippen LogP contribution in [0.15, 0.2) is 29.1 Å². The highest BCUT2D eigenvalue weighted by molar-refractivity contribution is 5.84. The van der Waals surface area contributed by atoms with Gasteiger partial charge in [0.2, 0.25) is 5.39 Å². The van der Waals surface area contributed by atoms with Gasteiger partial charge < -0.3 is 9.67 Å². The lowest BCUT2D eigenvalue weighted by atomic mass is 10.2. The molecule has 1 aromatic carbocycles. The van der Waals surface area contributed by atoms with E-state index in [4.69, 9.17) is 5.39 Å². The number of benzene rings is 1. The van der Waals surface area contributed by atoms with E-state index in [1.165, 1.54) is 11.6 Å². The maximum Gasteiger partial charge on any atom is 0.440 e. The predicted molar refractivity (Wildman–Crippen MR) is 53.4 cm³/mol. The number of nitrogens with zero attached hydrogens (tertiary/aromatic N) is 3. The average Bonchev–Trinajstić information content (AvgIpc) is 2.27. The molecule has 0 saturated heterocycles. The van der Waals surface area contributed by atoms with E-state index < -0.39 is 17.0 Å². The van der Waals surface area contributed by atoms with Crippen LogP contribution in [0.3, 0.4) is 0 Å². The molecule has 2 rings (SSSR count). The number of hydrogen-bond acceptors (Lipinski definition) is 3. The summed E-state index contributed by atoms with van der Waals surface area (Å²) in [6.45, 7) is 0. The molecular formula is C10H7N3O2. The molecule has 1 heterocycles. The van der Waals surface area contributed by atoms with E-state index in [2.05, 4.69) is 4.98 Å². The minimum Gasteiger partial charge on any atom is -0.854 e. The monoisotopic (exact) mass is 201 g/mol. The van der Waals surface area contributed by atoms with Gasteiger partial charge in [-0.15, -0.1) is 0 Å². The summed E-state index contributed by atoms with van der Waals surface area (Å²) in [6, 6.07) is 6.68. The summed E-state index contributed by atoms with van der Waals surface area (Å²) in [5.41, 5.74) is -0.465. The van der Waals surface area contributed by atoms with Crippen LogP contribution in [0.25, 0.3) is 15.9 Å². The molecule has 0 aliphatic rings. The third-order valence-corrected chi connectivity index (χ3v) is 2.33. The lowest BCUT2D eigenvalue weighted by molar-refractivity contribution is -0.277. The van der Waals surface area contributed by atoms with Gasteiger partial charge in [-0.05, 0) is 12.1 Å². The Morgan fingerprint density at radius 2 is 2.07 bits per heavy atom. The lowest BCUT2D eigenvalue weighted by Gasteiger charge is -2.12. The van der Waals surface area contributed by atoms with Crippen molar-refractivity contribution in [2.24, 2.45) is 7.05 Å². The highest BCUT2D eigenvalue weighted by Gasteiger charge is 2.18. The molecule has 74 valence electrons. The maximum absolute atomic E-state index is 11.7.